The van der Waals surface area contributed by atoms with Gasteiger partial charge in [0.2, 0.25) is 11.8 Å². The summed E-state index contributed by atoms with van der Waals surface area (Å²) in [4.78, 5) is 30.1. The van der Waals surface area contributed by atoms with Gasteiger partial charge in [-0.05, 0) is 38.1 Å². The summed E-state index contributed by atoms with van der Waals surface area (Å²) in [6.45, 7) is 6.73. The highest BCUT2D eigenvalue weighted by molar-refractivity contribution is 6.05. The van der Waals surface area contributed by atoms with E-state index in [1.807, 2.05) is 13.8 Å². The molecule has 23 heavy (non-hydrogen) atoms. The Hall–Kier alpha value is -1.95. The van der Waals surface area contributed by atoms with Crippen LogP contribution in [0.5, 0.6) is 0 Å². The summed E-state index contributed by atoms with van der Waals surface area (Å²) in [5, 5.41) is 0. The lowest BCUT2D eigenvalue weighted by atomic mass is 10.1. The molecule has 0 aromatic heterocycles. The van der Waals surface area contributed by atoms with Crippen LogP contribution in [0.2, 0.25) is 0 Å². The molecule has 6 heteroatoms. The molecule has 0 unspecified atom stereocenters. The maximum atomic E-state index is 13.0. The Balaban J connectivity index is 1.62. The standard InChI is InChI=1S/C17H22FN3O2/c1-12(2)21-16(22)11-15(17(21)23)20-9-7-19(8-10-20)14-5-3-13(18)4-6-14/h3-6,12,15H,7-11H2,1-2H3/t15-/m1/s1. The molecular weight excluding hydrogens is 297 g/mol. The minimum atomic E-state index is -0.319. The van der Waals surface area contributed by atoms with E-state index in [-0.39, 0.29) is 36.1 Å². The van der Waals surface area contributed by atoms with Crippen LogP contribution in [0.4, 0.5) is 10.1 Å². The van der Waals surface area contributed by atoms with E-state index in [1.54, 1.807) is 12.1 Å². The number of nitrogens with zero attached hydrogens (tertiary/aromatic N) is 3. The van der Waals surface area contributed by atoms with Gasteiger partial charge in [0.25, 0.3) is 0 Å². The normalized spacial score (nSPS) is 23.2. The van der Waals surface area contributed by atoms with Gasteiger partial charge in [-0.15, -0.1) is 0 Å². The van der Waals surface area contributed by atoms with Gasteiger partial charge in [-0.2, -0.15) is 0 Å². The van der Waals surface area contributed by atoms with Crippen molar-refractivity contribution in [3.63, 3.8) is 0 Å². The average molecular weight is 319 g/mol. The number of rotatable bonds is 3. The second-order valence-corrected chi connectivity index (χ2v) is 6.42. The summed E-state index contributed by atoms with van der Waals surface area (Å²) in [5.41, 5.74) is 0.990. The molecule has 124 valence electrons. The highest BCUT2D eigenvalue weighted by atomic mass is 19.1. The summed E-state index contributed by atoms with van der Waals surface area (Å²) in [7, 11) is 0. The van der Waals surface area contributed by atoms with Crippen LogP contribution in [-0.4, -0.2) is 59.9 Å². The summed E-state index contributed by atoms with van der Waals surface area (Å²) < 4.78 is 13.0. The zero-order chi connectivity index (χ0) is 16.6. The summed E-state index contributed by atoms with van der Waals surface area (Å²) in [5.74, 6) is -0.382. The zero-order valence-electron chi connectivity index (χ0n) is 13.5. The summed E-state index contributed by atoms with van der Waals surface area (Å²) >= 11 is 0. The predicted octanol–water partition coefficient (Wildman–Crippen LogP) is 1.48. The number of piperazine rings is 1. The lowest BCUT2D eigenvalue weighted by Crippen LogP contribution is -2.53. The Kier molecular flexibility index (Phi) is 4.35. The van der Waals surface area contributed by atoms with E-state index in [2.05, 4.69) is 9.80 Å². The number of hydrogen-bond donors (Lipinski definition) is 0. The molecular formula is C17H22FN3O2. The number of hydrogen-bond acceptors (Lipinski definition) is 4. The number of carbonyl (C=O) groups is 2. The third-order valence-corrected chi connectivity index (χ3v) is 4.62. The van der Waals surface area contributed by atoms with E-state index in [9.17, 15) is 14.0 Å². The third kappa shape index (κ3) is 3.08. The SMILES string of the molecule is CC(C)N1C(=O)C[C@@H](N2CCN(c3ccc(F)cc3)CC2)C1=O. The monoisotopic (exact) mass is 319 g/mol. The van der Waals surface area contributed by atoms with Crippen LogP contribution < -0.4 is 4.90 Å². The second-order valence-electron chi connectivity index (χ2n) is 6.42. The van der Waals surface area contributed by atoms with Gasteiger partial charge in [0.05, 0.1) is 12.5 Å². The molecule has 0 aliphatic carbocycles. The van der Waals surface area contributed by atoms with Crippen molar-refractivity contribution >= 4 is 17.5 Å². The fraction of sp³-hybridized carbons (Fsp3) is 0.529. The smallest absolute Gasteiger partial charge is 0.247 e. The van der Waals surface area contributed by atoms with Gasteiger partial charge in [0.1, 0.15) is 5.82 Å². The van der Waals surface area contributed by atoms with Crippen molar-refractivity contribution in [3.8, 4) is 0 Å². The molecule has 0 bridgehead atoms. The molecule has 2 aliphatic heterocycles. The van der Waals surface area contributed by atoms with Gasteiger partial charge in [0.15, 0.2) is 0 Å². The topological polar surface area (TPSA) is 43.9 Å². The molecule has 0 N–H and O–H groups in total. The average Bonchev–Trinajstić information content (AvgIpc) is 2.83. The molecule has 2 heterocycles. The molecule has 5 nitrogen and oxygen atoms in total. The number of imide groups is 1. The lowest BCUT2D eigenvalue weighted by molar-refractivity contribution is -0.141. The van der Waals surface area contributed by atoms with Gasteiger partial charge >= 0.3 is 0 Å². The lowest BCUT2D eigenvalue weighted by Gasteiger charge is -2.38. The van der Waals surface area contributed by atoms with Crippen LogP contribution in [0.3, 0.4) is 0 Å². The first kappa shape index (κ1) is 15.9. The quantitative estimate of drug-likeness (QED) is 0.792. The minimum Gasteiger partial charge on any atom is -0.369 e. The van der Waals surface area contributed by atoms with E-state index in [0.29, 0.717) is 0 Å². The Morgan fingerprint density at radius 1 is 1.04 bits per heavy atom. The van der Waals surface area contributed by atoms with Crippen LogP contribution in [0.25, 0.3) is 0 Å². The Morgan fingerprint density at radius 2 is 1.65 bits per heavy atom. The number of amides is 2. The molecule has 0 spiro atoms. The maximum absolute atomic E-state index is 13.0. The first-order valence-electron chi connectivity index (χ1n) is 8.08. The van der Waals surface area contributed by atoms with E-state index >= 15 is 0 Å². The third-order valence-electron chi connectivity index (χ3n) is 4.62. The maximum Gasteiger partial charge on any atom is 0.247 e. The summed E-state index contributed by atoms with van der Waals surface area (Å²) in [6.07, 6.45) is 0.285. The number of benzene rings is 1. The zero-order valence-corrected chi connectivity index (χ0v) is 13.5. The van der Waals surface area contributed by atoms with E-state index in [1.165, 1.54) is 17.0 Å². The van der Waals surface area contributed by atoms with Gasteiger partial charge in [-0.25, -0.2) is 4.39 Å². The van der Waals surface area contributed by atoms with Crippen LogP contribution in [0.15, 0.2) is 24.3 Å². The number of anilines is 1. The van der Waals surface area contributed by atoms with E-state index in [0.717, 1.165) is 31.9 Å². The summed E-state index contributed by atoms with van der Waals surface area (Å²) in [6, 6.07) is 6.06. The van der Waals surface area contributed by atoms with Crippen molar-refractivity contribution in [3.05, 3.63) is 30.1 Å². The van der Waals surface area contributed by atoms with Gasteiger partial charge in [-0.1, -0.05) is 0 Å². The number of carbonyl (C=O) groups excluding carboxylic acids is 2. The molecule has 2 amide bonds. The highest BCUT2D eigenvalue weighted by Crippen LogP contribution is 2.24. The number of halogens is 1. The molecule has 3 rings (SSSR count). The van der Waals surface area contributed by atoms with Crippen LogP contribution in [0, 0.1) is 5.82 Å². The molecule has 2 fully saturated rings. The van der Waals surface area contributed by atoms with Gasteiger partial charge in [-0.3, -0.25) is 19.4 Å². The molecule has 0 saturated carbocycles. The Bertz CT molecular complexity index is 594. The number of likely N-dealkylation sites (tertiary alicyclic amines) is 1. The second kappa shape index (κ2) is 6.28. The Morgan fingerprint density at radius 3 is 2.17 bits per heavy atom. The molecule has 1 aromatic carbocycles. The minimum absolute atomic E-state index is 0.0692. The molecule has 1 aromatic rings. The van der Waals surface area contributed by atoms with E-state index in [4.69, 9.17) is 0 Å². The van der Waals surface area contributed by atoms with Crippen molar-refractivity contribution in [2.24, 2.45) is 0 Å². The molecule has 1 atom stereocenters. The van der Waals surface area contributed by atoms with Crippen LogP contribution in [-0.2, 0) is 9.59 Å². The highest BCUT2D eigenvalue weighted by Gasteiger charge is 2.43. The van der Waals surface area contributed by atoms with Crippen molar-refractivity contribution in [1.82, 2.24) is 9.80 Å². The largest absolute Gasteiger partial charge is 0.369 e. The van der Waals surface area contributed by atoms with Gasteiger partial charge < -0.3 is 4.90 Å². The molecule has 2 saturated heterocycles. The van der Waals surface area contributed by atoms with Crippen molar-refractivity contribution in [2.45, 2.75) is 32.4 Å². The molecule has 2 aliphatic rings. The van der Waals surface area contributed by atoms with Crippen LogP contribution in [0.1, 0.15) is 20.3 Å². The Labute approximate surface area is 135 Å². The first-order chi connectivity index (χ1) is 11.0. The molecule has 0 radical (unpaired) electrons. The first-order valence-corrected chi connectivity index (χ1v) is 8.08. The fourth-order valence-electron chi connectivity index (χ4n) is 3.41. The predicted molar refractivity (Wildman–Crippen MR) is 85.6 cm³/mol. The van der Waals surface area contributed by atoms with Crippen molar-refractivity contribution < 1.29 is 14.0 Å². The van der Waals surface area contributed by atoms with E-state index < -0.39 is 0 Å². The fourth-order valence-corrected chi connectivity index (χ4v) is 3.41. The van der Waals surface area contributed by atoms with Crippen molar-refractivity contribution in [2.75, 3.05) is 31.1 Å². The van der Waals surface area contributed by atoms with Crippen molar-refractivity contribution in [1.29, 1.82) is 0 Å². The van der Waals surface area contributed by atoms with Crippen LogP contribution >= 0.6 is 0 Å². The van der Waals surface area contributed by atoms with Gasteiger partial charge in [0, 0.05) is 37.9 Å².